The van der Waals surface area contributed by atoms with Crippen LogP contribution >= 0.6 is 0 Å². The van der Waals surface area contributed by atoms with Crippen LogP contribution in [0, 0.1) is 19.7 Å². The van der Waals surface area contributed by atoms with Crippen LogP contribution in [-0.4, -0.2) is 19.8 Å². The average molecular weight is 209 g/mol. The zero-order valence-corrected chi connectivity index (χ0v) is 9.14. The maximum Gasteiger partial charge on any atom is 0.128 e. The summed E-state index contributed by atoms with van der Waals surface area (Å²) in [6.07, 6.45) is 0. The average Bonchev–Trinajstić information content (AvgIpc) is 2.25. The van der Waals surface area contributed by atoms with Gasteiger partial charge in [-0.25, -0.2) is 4.39 Å². The largest absolute Gasteiger partial charge is 0.378 e. The van der Waals surface area contributed by atoms with Gasteiger partial charge in [0.2, 0.25) is 0 Å². The third-order valence-corrected chi connectivity index (χ3v) is 2.91. The number of morpholine rings is 1. The van der Waals surface area contributed by atoms with E-state index in [2.05, 4.69) is 5.32 Å². The van der Waals surface area contributed by atoms with Crippen molar-refractivity contribution >= 4 is 0 Å². The quantitative estimate of drug-likeness (QED) is 0.764. The standard InChI is InChI=1S/C12H16FNO/c1-8-5-10(11(13)6-9(8)2)12-7-15-4-3-14-12/h5-6,12,14H,3-4,7H2,1-2H3. The van der Waals surface area contributed by atoms with Crippen LogP contribution in [0.1, 0.15) is 22.7 Å². The molecule has 1 saturated heterocycles. The third-order valence-electron chi connectivity index (χ3n) is 2.91. The molecule has 82 valence electrons. The van der Waals surface area contributed by atoms with Gasteiger partial charge in [-0.2, -0.15) is 0 Å². The normalized spacial score (nSPS) is 21.7. The molecule has 1 unspecified atom stereocenters. The van der Waals surface area contributed by atoms with Crippen LogP contribution in [0.5, 0.6) is 0 Å². The summed E-state index contributed by atoms with van der Waals surface area (Å²) in [5.41, 5.74) is 2.84. The molecule has 1 aliphatic rings. The highest BCUT2D eigenvalue weighted by Gasteiger charge is 2.19. The molecule has 1 aromatic carbocycles. The maximum atomic E-state index is 13.7. The Labute approximate surface area is 89.4 Å². The minimum Gasteiger partial charge on any atom is -0.378 e. The molecule has 0 spiro atoms. The van der Waals surface area contributed by atoms with E-state index >= 15 is 0 Å². The predicted octanol–water partition coefficient (Wildman–Crippen LogP) is 2.10. The van der Waals surface area contributed by atoms with Gasteiger partial charge in [-0.1, -0.05) is 6.07 Å². The number of halogens is 1. The molecule has 0 bridgehead atoms. The Morgan fingerprint density at radius 3 is 2.73 bits per heavy atom. The fourth-order valence-electron chi connectivity index (χ4n) is 1.84. The Hall–Kier alpha value is -0.930. The number of rotatable bonds is 1. The zero-order valence-electron chi connectivity index (χ0n) is 9.14. The lowest BCUT2D eigenvalue weighted by atomic mass is 10.00. The van der Waals surface area contributed by atoms with Crippen molar-refractivity contribution in [2.24, 2.45) is 0 Å². The van der Waals surface area contributed by atoms with Crippen molar-refractivity contribution < 1.29 is 9.13 Å². The molecule has 1 aromatic rings. The van der Waals surface area contributed by atoms with Gasteiger partial charge in [0.25, 0.3) is 0 Å². The monoisotopic (exact) mass is 209 g/mol. The molecule has 1 N–H and O–H groups in total. The third kappa shape index (κ3) is 2.19. The van der Waals surface area contributed by atoms with Crippen LogP contribution in [0.3, 0.4) is 0 Å². The fraction of sp³-hybridized carbons (Fsp3) is 0.500. The summed E-state index contributed by atoms with van der Waals surface area (Å²) in [5.74, 6) is -0.138. The van der Waals surface area contributed by atoms with Gasteiger partial charge in [-0.15, -0.1) is 0 Å². The minimum atomic E-state index is -0.138. The molecule has 2 nitrogen and oxygen atoms in total. The Morgan fingerprint density at radius 2 is 2.07 bits per heavy atom. The second-order valence-corrected chi connectivity index (χ2v) is 4.04. The minimum absolute atomic E-state index is 0.00181. The van der Waals surface area contributed by atoms with E-state index in [4.69, 9.17) is 4.74 Å². The fourth-order valence-corrected chi connectivity index (χ4v) is 1.84. The molecule has 1 atom stereocenters. The first-order valence-electron chi connectivity index (χ1n) is 5.26. The Morgan fingerprint density at radius 1 is 1.33 bits per heavy atom. The molecule has 0 aromatic heterocycles. The summed E-state index contributed by atoms with van der Waals surface area (Å²) in [6.45, 7) is 5.98. The summed E-state index contributed by atoms with van der Waals surface area (Å²) in [6, 6.07) is 3.51. The van der Waals surface area contributed by atoms with Crippen molar-refractivity contribution in [3.05, 3.63) is 34.6 Å². The molecule has 1 aliphatic heterocycles. The van der Waals surface area contributed by atoms with E-state index in [0.29, 0.717) is 13.2 Å². The van der Waals surface area contributed by atoms with Gasteiger partial charge in [0.15, 0.2) is 0 Å². The van der Waals surface area contributed by atoms with Gasteiger partial charge < -0.3 is 10.1 Å². The van der Waals surface area contributed by atoms with Crippen molar-refractivity contribution in [1.29, 1.82) is 0 Å². The summed E-state index contributed by atoms with van der Waals surface area (Å²) >= 11 is 0. The maximum absolute atomic E-state index is 13.7. The van der Waals surface area contributed by atoms with Gasteiger partial charge in [0.05, 0.1) is 19.3 Å². The van der Waals surface area contributed by atoms with Crippen molar-refractivity contribution in [2.75, 3.05) is 19.8 Å². The lowest BCUT2D eigenvalue weighted by molar-refractivity contribution is 0.0757. The van der Waals surface area contributed by atoms with Crippen molar-refractivity contribution in [1.82, 2.24) is 5.32 Å². The number of benzene rings is 1. The highest BCUT2D eigenvalue weighted by molar-refractivity contribution is 5.33. The SMILES string of the molecule is Cc1cc(F)c(C2COCCN2)cc1C. The van der Waals surface area contributed by atoms with Gasteiger partial charge in [0.1, 0.15) is 5.82 Å². The molecule has 15 heavy (non-hydrogen) atoms. The van der Waals surface area contributed by atoms with Crippen LogP contribution in [0.4, 0.5) is 4.39 Å². The molecule has 3 heteroatoms. The van der Waals surface area contributed by atoms with Gasteiger partial charge in [-0.05, 0) is 31.0 Å². The summed E-state index contributed by atoms with van der Waals surface area (Å²) in [7, 11) is 0. The zero-order chi connectivity index (χ0) is 10.8. The summed E-state index contributed by atoms with van der Waals surface area (Å²) < 4.78 is 19.1. The lowest BCUT2D eigenvalue weighted by Crippen LogP contribution is -2.35. The van der Waals surface area contributed by atoms with Crippen LogP contribution in [-0.2, 0) is 4.74 Å². The first-order chi connectivity index (χ1) is 7.18. The Bertz CT molecular complexity index is 359. The van der Waals surface area contributed by atoms with Crippen LogP contribution < -0.4 is 5.32 Å². The second kappa shape index (κ2) is 4.29. The molecule has 0 aliphatic carbocycles. The molecular weight excluding hydrogens is 193 g/mol. The topological polar surface area (TPSA) is 21.3 Å². The number of hydrogen-bond donors (Lipinski definition) is 1. The summed E-state index contributed by atoms with van der Waals surface area (Å²) in [5, 5.41) is 3.26. The van der Waals surface area contributed by atoms with E-state index in [9.17, 15) is 4.39 Å². The smallest absolute Gasteiger partial charge is 0.128 e. The molecular formula is C12H16FNO. The highest BCUT2D eigenvalue weighted by Crippen LogP contribution is 2.22. The van der Waals surface area contributed by atoms with Crippen LogP contribution in [0.25, 0.3) is 0 Å². The highest BCUT2D eigenvalue weighted by atomic mass is 19.1. The predicted molar refractivity (Wildman–Crippen MR) is 57.4 cm³/mol. The van der Waals surface area contributed by atoms with E-state index in [1.165, 1.54) is 0 Å². The van der Waals surface area contributed by atoms with E-state index in [1.54, 1.807) is 6.07 Å². The molecule has 0 saturated carbocycles. The molecule has 0 amide bonds. The second-order valence-electron chi connectivity index (χ2n) is 4.04. The van der Waals surface area contributed by atoms with E-state index in [0.717, 1.165) is 23.2 Å². The first kappa shape index (κ1) is 10.6. The number of aryl methyl sites for hydroxylation is 2. The van der Waals surface area contributed by atoms with Gasteiger partial charge in [0, 0.05) is 12.1 Å². The summed E-state index contributed by atoms with van der Waals surface area (Å²) in [4.78, 5) is 0. The van der Waals surface area contributed by atoms with Crippen molar-refractivity contribution in [3.8, 4) is 0 Å². The van der Waals surface area contributed by atoms with Gasteiger partial charge in [-0.3, -0.25) is 0 Å². The first-order valence-corrected chi connectivity index (χ1v) is 5.26. The molecule has 0 radical (unpaired) electrons. The number of hydrogen-bond acceptors (Lipinski definition) is 2. The van der Waals surface area contributed by atoms with E-state index in [1.807, 2.05) is 19.9 Å². The molecule has 2 rings (SSSR count). The Kier molecular flexibility index (Phi) is 3.03. The van der Waals surface area contributed by atoms with Crippen molar-refractivity contribution in [3.63, 3.8) is 0 Å². The molecule has 1 heterocycles. The Balaban J connectivity index is 2.30. The van der Waals surface area contributed by atoms with E-state index < -0.39 is 0 Å². The van der Waals surface area contributed by atoms with Crippen LogP contribution in [0.2, 0.25) is 0 Å². The number of ether oxygens (including phenoxy) is 1. The van der Waals surface area contributed by atoms with E-state index in [-0.39, 0.29) is 11.9 Å². The van der Waals surface area contributed by atoms with Gasteiger partial charge >= 0.3 is 0 Å². The molecule has 1 fully saturated rings. The number of nitrogens with one attached hydrogen (secondary N) is 1. The van der Waals surface area contributed by atoms with Crippen molar-refractivity contribution in [2.45, 2.75) is 19.9 Å². The lowest BCUT2D eigenvalue weighted by Gasteiger charge is -2.25. The van der Waals surface area contributed by atoms with Crippen LogP contribution in [0.15, 0.2) is 12.1 Å².